The van der Waals surface area contributed by atoms with Crippen LogP contribution >= 0.6 is 0 Å². The van der Waals surface area contributed by atoms with E-state index in [1.807, 2.05) is 35.9 Å². The molecule has 0 spiro atoms. The lowest BCUT2D eigenvalue weighted by molar-refractivity contribution is -0.139. The number of carbonyl (C=O) groups is 1. The zero-order valence-corrected chi connectivity index (χ0v) is 10.6. The van der Waals surface area contributed by atoms with Gasteiger partial charge >= 0.3 is 5.97 Å². The fraction of sp³-hybridized carbons (Fsp3) is 0.385. The number of nitrogens with one attached hydrogen (secondary N) is 1. The van der Waals surface area contributed by atoms with Gasteiger partial charge in [-0.05, 0) is 19.9 Å². The van der Waals surface area contributed by atoms with Crippen molar-refractivity contribution >= 4 is 16.9 Å². The number of hydrogen-bond donors (Lipinski definition) is 2. The third kappa shape index (κ3) is 2.36. The molecule has 0 unspecified atom stereocenters. The van der Waals surface area contributed by atoms with Crippen molar-refractivity contribution in [3.63, 3.8) is 0 Å². The van der Waals surface area contributed by atoms with Crippen LogP contribution in [0, 0.1) is 0 Å². The number of rotatable bonds is 5. The molecular weight excluding hydrogens is 230 g/mol. The second-order valence-corrected chi connectivity index (χ2v) is 4.22. The molecule has 0 saturated heterocycles. The zero-order valence-electron chi connectivity index (χ0n) is 10.6. The molecule has 1 aromatic heterocycles. The molecule has 0 radical (unpaired) electrons. The van der Waals surface area contributed by atoms with Crippen LogP contribution in [-0.2, 0) is 17.9 Å². The quantitative estimate of drug-likeness (QED) is 0.842. The Morgan fingerprint density at radius 1 is 1.50 bits per heavy atom. The molecule has 1 heterocycles. The standard InChI is InChI=1S/C13H17N3O2/c1-3-16-12-7-5-4-6-10(12)11(15-16)8-14-9(2)13(17)18/h4-7,9,14H,3,8H2,1-2H3,(H,17,18)/t9-/m0/s1. The van der Waals surface area contributed by atoms with Crippen molar-refractivity contribution < 1.29 is 9.90 Å². The number of aliphatic carboxylic acids is 1. The third-order valence-electron chi connectivity index (χ3n) is 2.98. The van der Waals surface area contributed by atoms with Crippen LogP contribution in [-0.4, -0.2) is 26.9 Å². The minimum Gasteiger partial charge on any atom is -0.480 e. The largest absolute Gasteiger partial charge is 0.480 e. The van der Waals surface area contributed by atoms with E-state index in [4.69, 9.17) is 5.11 Å². The Morgan fingerprint density at radius 3 is 2.89 bits per heavy atom. The lowest BCUT2D eigenvalue weighted by Gasteiger charge is -2.07. The molecule has 0 amide bonds. The number of hydrogen-bond acceptors (Lipinski definition) is 3. The first-order chi connectivity index (χ1) is 8.63. The fourth-order valence-electron chi connectivity index (χ4n) is 1.90. The summed E-state index contributed by atoms with van der Waals surface area (Å²) in [4.78, 5) is 10.8. The molecule has 2 aromatic rings. The Balaban J connectivity index is 2.25. The number of aromatic nitrogens is 2. The van der Waals surface area contributed by atoms with E-state index in [0.717, 1.165) is 23.1 Å². The Morgan fingerprint density at radius 2 is 2.22 bits per heavy atom. The van der Waals surface area contributed by atoms with Crippen LogP contribution in [0.4, 0.5) is 0 Å². The fourth-order valence-corrected chi connectivity index (χ4v) is 1.90. The van der Waals surface area contributed by atoms with Gasteiger partial charge in [-0.3, -0.25) is 14.8 Å². The molecule has 18 heavy (non-hydrogen) atoms. The van der Waals surface area contributed by atoms with Gasteiger partial charge < -0.3 is 5.11 Å². The molecule has 5 heteroatoms. The zero-order chi connectivity index (χ0) is 13.1. The summed E-state index contributed by atoms with van der Waals surface area (Å²) in [6.07, 6.45) is 0. The van der Waals surface area contributed by atoms with E-state index in [0.29, 0.717) is 6.54 Å². The van der Waals surface area contributed by atoms with Crippen molar-refractivity contribution in [1.82, 2.24) is 15.1 Å². The van der Waals surface area contributed by atoms with Gasteiger partial charge in [-0.2, -0.15) is 5.10 Å². The summed E-state index contributed by atoms with van der Waals surface area (Å²) in [5.41, 5.74) is 1.97. The summed E-state index contributed by atoms with van der Waals surface area (Å²) in [6, 6.07) is 7.41. The van der Waals surface area contributed by atoms with Crippen molar-refractivity contribution in [2.24, 2.45) is 0 Å². The highest BCUT2D eigenvalue weighted by Crippen LogP contribution is 2.18. The summed E-state index contributed by atoms with van der Waals surface area (Å²) < 4.78 is 1.93. The molecule has 5 nitrogen and oxygen atoms in total. The number of carboxylic acids is 1. The van der Waals surface area contributed by atoms with Crippen molar-refractivity contribution in [3.8, 4) is 0 Å². The topological polar surface area (TPSA) is 67.2 Å². The molecule has 0 aliphatic carbocycles. The maximum absolute atomic E-state index is 10.8. The van der Waals surface area contributed by atoms with Crippen LogP contribution in [0.15, 0.2) is 24.3 Å². The minimum atomic E-state index is -0.853. The van der Waals surface area contributed by atoms with Gasteiger partial charge in [0.05, 0.1) is 11.2 Å². The lowest BCUT2D eigenvalue weighted by Crippen LogP contribution is -2.33. The van der Waals surface area contributed by atoms with Crippen molar-refractivity contribution in [1.29, 1.82) is 0 Å². The summed E-state index contributed by atoms with van der Waals surface area (Å²) in [5, 5.41) is 17.4. The first-order valence-corrected chi connectivity index (χ1v) is 6.04. The van der Waals surface area contributed by atoms with Crippen LogP contribution in [0.5, 0.6) is 0 Å². The van der Waals surface area contributed by atoms with Gasteiger partial charge in [0.15, 0.2) is 0 Å². The average Bonchev–Trinajstić information content (AvgIpc) is 2.74. The van der Waals surface area contributed by atoms with Crippen molar-refractivity contribution in [2.45, 2.75) is 33.0 Å². The van der Waals surface area contributed by atoms with Crippen LogP contribution in [0.3, 0.4) is 0 Å². The van der Waals surface area contributed by atoms with Gasteiger partial charge in [0.1, 0.15) is 6.04 Å². The van der Waals surface area contributed by atoms with E-state index in [1.54, 1.807) is 6.92 Å². The monoisotopic (exact) mass is 247 g/mol. The first-order valence-electron chi connectivity index (χ1n) is 6.04. The molecule has 2 N–H and O–H groups in total. The molecular formula is C13H17N3O2. The summed E-state index contributed by atoms with van der Waals surface area (Å²) in [5.74, 6) is -0.853. The number of para-hydroxylation sites is 1. The van der Waals surface area contributed by atoms with E-state index < -0.39 is 12.0 Å². The van der Waals surface area contributed by atoms with Crippen LogP contribution in [0.1, 0.15) is 19.5 Å². The van der Waals surface area contributed by atoms with Crippen molar-refractivity contribution in [3.05, 3.63) is 30.0 Å². The molecule has 0 bridgehead atoms. The number of fused-ring (bicyclic) bond motifs is 1. The predicted molar refractivity (Wildman–Crippen MR) is 69.3 cm³/mol. The molecule has 1 aromatic carbocycles. The van der Waals surface area contributed by atoms with E-state index in [1.165, 1.54) is 0 Å². The highest BCUT2D eigenvalue weighted by molar-refractivity contribution is 5.82. The second kappa shape index (κ2) is 5.18. The van der Waals surface area contributed by atoms with Gasteiger partial charge in [0, 0.05) is 18.5 Å². The van der Waals surface area contributed by atoms with E-state index in [9.17, 15) is 4.79 Å². The van der Waals surface area contributed by atoms with E-state index in [2.05, 4.69) is 10.4 Å². The van der Waals surface area contributed by atoms with Gasteiger partial charge in [-0.25, -0.2) is 0 Å². The second-order valence-electron chi connectivity index (χ2n) is 4.22. The Hall–Kier alpha value is -1.88. The van der Waals surface area contributed by atoms with Crippen LogP contribution < -0.4 is 5.32 Å². The number of nitrogens with zero attached hydrogens (tertiary/aromatic N) is 2. The number of aryl methyl sites for hydroxylation is 1. The average molecular weight is 247 g/mol. The maximum Gasteiger partial charge on any atom is 0.320 e. The molecule has 0 aliphatic heterocycles. The highest BCUT2D eigenvalue weighted by atomic mass is 16.4. The Labute approximate surface area is 105 Å². The summed E-state index contributed by atoms with van der Waals surface area (Å²) >= 11 is 0. The highest BCUT2D eigenvalue weighted by Gasteiger charge is 2.13. The molecule has 1 atom stereocenters. The third-order valence-corrected chi connectivity index (χ3v) is 2.98. The van der Waals surface area contributed by atoms with Gasteiger partial charge in [0.2, 0.25) is 0 Å². The SMILES string of the molecule is CCn1nc(CN[C@@H](C)C(=O)O)c2ccccc21. The molecule has 96 valence electrons. The van der Waals surface area contributed by atoms with Gasteiger partial charge in [0.25, 0.3) is 0 Å². The predicted octanol–water partition coefficient (Wildman–Crippen LogP) is 1.62. The Bertz CT molecular complexity index is 562. The lowest BCUT2D eigenvalue weighted by atomic mass is 10.2. The number of carboxylic acid groups (broad SMARTS) is 1. The number of benzene rings is 1. The molecule has 0 fully saturated rings. The molecule has 0 saturated carbocycles. The smallest absolute Gasteiger partial charge is 0.320 e. The Kier molecular flexibility index (Phi) is 3.62. The summed E-state index contributed by atoms with van der Waals surface area (Å²) in [6.45, 7) is 4.92. The maximum atomic E-state index is 10.8. The van der Waals surface area contributed by atoms with Crippen LogP contribution in [0.25, 0.3) is 10.9 Å². The minimum absolute atomic E-state index is 0.459. The van der Waals surface area contributed by atoms with Crippen LogP contribution in [0.2, 0.25) is 0 Å². The van der Waals surface area contributed by atoms with E-state index in [-0.39, 0.29) is 0 Å². The van der Waals surface area contributed by atoms with Gasteiger partial charge in [-0.15, -0.1) is 0 Å². The van der Waals surface area contributed by atoms with Crippen molar-refractivity contribution in [2.75, 3.05) is 0 Å². The first kappa shape index (κ1) is 12.6. The molecule has 2 rings (SSSR count). The van der Waals surface area contributed by atoms with E-state index >= 15 is 0 Å². The molecule has 0 aliphatic rings. The normalized spacial score (nSPS) is 12.8. The van der Waals surface area contributed by atoms with Gasteiger partial charge in [-0.1, -0.05) is 18.2 Å². The summed E-state index contributed by atoms with van der Waals surface area (Å²) in [7, 11) is 0.